The van der Waals surface area contributed by atoms with Gasteiger partial charge in [0.05, 0.1) is 25.7 Å². The van der Waals surface area contributed by atoms with Crippen molar-refractivity contribution in [2.45, 2.75) is 26.4 Å². The molecule has 0 fully saturated rings. The average molecular weight is 365 g/mol. The molecule has 0 aromatic carbocycles. The Hall–Kier alpha value is -2.26. The molecule has 0 aliphatic heterocycles. The lowest BCUT2D eigenvalue weighted by molar-refractivity contribution is -0.145. The van der Waals surface area contributed by atoms with Crippen LogP contribution < -0.4 is 0 Å². The Bertz CT molecular complexity index is 826. The van der Waals surface area contributed by atoms with Gasteiger partial charge < -0.3 is 14.2 Å². The number of nitrogens with zero attached hydrogens (tertiary/aromatic N) is 3. The normalized spacial score (nSPS) is 15.9. The summed E-state index contributed by atoms with van der Waals surface area (Å²) < 4.78 is 16.8. The van der Waals surface area contributed by atoms with Crippen molar-refractivity contribution in [2.75, 3.05) is 21.3 Å². The number of esters is 2. The van der Waals surface area contributed by atoms with Crippen LogP contribution in [0.15, 0.2) is 0 Å². The Kier molecular flexibility index (Phi) is 4.87. The highest BCUT2D eigenvalue weighted by molar-refractivity contribution is 7.15. The zero-order valence-electron chi connectivity index (χ0n) is 14.5. The molecule has 0 amide bonds. The van der Waals surface area contributed by atoms with Crippen LogP contribution in [-0.4, -0.2) is 48.0 Å². The molecule has 1 unspecified atom stereocenters. The summed E-state index contributed by atoms with van der Waals surface area (Å²) in [6.45, 7) is 2.09. The molecule has 2 aromatic heterocycles. The summed E-state index contributed by atoms with van der Waals surface area (Å²) in [7, 11) is 4.29. The van der Waals surface area contributed by atoms with Crippen molar-refractivity contribution in [1.29, 1.82) is 0 Å². The highest BCUT2D eigenvalue weighted by Crippen LogP contribution is 2.41. The number of hydrogen-bond acceptors (Lipinski definition) is 8. The fourth-order valence-corrected chi connectivity index (χ4v) is 4.58. The maximum Gasteiger partial charge on any atom is 0.341 e. The van der Waals surface area contributed by atoms with Crippen LogP contribution in [0.4, 0.5) is 0 Å². The minimum absolute atomic E-state index is 0.260. The molecule has 1 aliphatic rings. The summed E-state index contributed by atoms with van der Waals surface area (Å²) in [6, 6.07) is 0. The first-order valence-electron chi connectivity index (χ1n) is 7.72. The molecule has 134 valence electrons. The third-order valence-electron chi connectivity index (χ3n) is 4.25. The van der Waals surface area contributed by atoms with Crippen LogP contribution in [-0.2, 0) is 38.5 Å². The number of aromatic nitrogens is 3. The number of thiophene rings is 1. The van der Waals surface area contributed by atoms with Crippen molar-refractivity contribution in [3.63, 3.8) is 0 Å². The van der Waals surface area contributed by atoms with Gasteiger partial charge >= 0.3 is 11.9 Å². The molecular formula is C16H19N3O5S. The third-order valence-corrected chi connectivity index (χ3v) is 5.49. The predicted molar refractivity (Wildman–Crippen MR) is 88.9 cm³/mol. The van der Waals surface area contributed by atoms with Crippen LogP contribution >= 0.6 is 11.3 Å². The van der Waals surface area contributed by atoms with Crippen LogP contribution in [0, 0.1) is 12.8 Å². The van der Waals surface area contributed by atoms with Gasteiger partial charge in [0.15, 0.2) is 5.82 Å². The monoisotopic (exact) mass is 365 g/mol. The van der Waals surface area contributed by atoms with Gasteiger partial charge in [-0.1, -0.05) is 0 Å². The van der Waals surface area contributed by atoms with E-state index in [1.54, 1.807) is 7.11 Å². The molecule has 25 heavy (non-hydrogen) atoms. The van der Waals surface area contributed by atoms with Crippen LogP contribution in [0.5, 0.6) is 0 Å². The third kappa shape index (κ3) is 2.93. The van der Waals surface area contributed by atoms with E-state index >= 15 is 0 Å². The van der Waals surface area contributed by atoms with Gasteiger partial charge in [-0.3, -0.25) is 9.36 Å². The Morgan fingerprint density at radius 3 is 2.60 bits per heavy atom. The quantitative estimate of drug-likeness (QED) is 0.741. The Balaban J connectivity index is 2.11. The van der Waals surface area contributed by atoms with Crippen molar-refractivity contribution in [3.8, 4) is 5.00 Å². The first kappa shape index (κ1) is 17.6. The van der Waals surface area contributed by atoms with E-state index in [4.69, 9.17) is 14.2 Å². The Morgan fingerprint density at radius 2 is 1.96 bits per heavy atom. The highest BCUT2D eigenvalue weighted by atomic mass is 32.1. The molecule has 2 aromatic rings. The molecule has 0 radical (unpaired) electrons. The fraction of sp³-hybridized carbons (Fsp3) is 0.500. The second-order valence-electron chi connectivity index (χ2n) is 5.74. The molecule has 1 atom stereocenters. The van der Waals surface area contributed by atoms with Gasteiger partial charge in [0.25, 0.3) is 0 Å². The molecule has 0 N–H and O–H groups in total. The first-order valence-corrected chi connectivity index (χ1v) is 8.54. The molecule has 2 heterocycles. The Labute approximate surface area is 148 Å². The van der Waals surface area contributed by atoms with Crippen molar-refractivity contribution < 1.29 is 23.8 Å². The van der Waals surface area contributed by atoms with Gasteiger partial charge in [-0.25, -0.2) is 4.79 Å². The molecule has 3 rings (SSSR count). The highest BCUT2D eigenvalue weighted by Gasteiger charge is 2.37. The molecule has 1 aliphatic carbocycles. The number of aryl methyl sites for hydroxylation is 1. The number of rotatable bonds is 5. The van der Waals surface area contributed by atoms with Crippen molar-refractivity contribution in [1.82, 2.24) is 14.8 Å². The summed E-state index contributed by atoms with van der Waals surface area (Å²) in [6.07, 6.45) is 1.02. The zero-order valence-corrected chi connectivity index (χ0v) is 15.3. The summed E-state index contributed by atoms with van der Waals surface area (Å²) in [5, 5.41) is 8.91. The van der Waals surface area contributed by atoms with E-state index in [2.05, 4.69) is 10.2 Å². The second kappa shape index (κ2) is 6.93. The van der Waals surface area contributed by atoms with E-state index in [0.29, 0.717) is 35.1 Å². The molecule has 0 saturated carbocycles. The van der Waals surface area contributed by atoms with Crippen LogP contribution in [0.25, 0.3) is 5.00 Å². The molecule has 8 nitrogen and oxygen atoms in total. The minimum atomic E-state index is -0.436. The first-order chi connectivity index (χ1) is 12.0. The van der Waals surface area contributed by atoms with Crippen molar-refractivity contribution in [3.05, 3.63) is 27.7 Å². The van der Waals surface area contributed by atoms with Crippen LogP contribution in [0.2, 0.25) is 0 Å². The number of carbonyl (C=O) groups is 2. The maximum absolute atomic E-state index is 12.5. The summed E-state index contributed by atoms with van der Waals surface area (Å²) in [5.74, 6) is 0.302. The number of fused-ring (bicyclic) bond motifs is 1. The van der Waals surface area contributed by atoms with Crippen LogP contribution in [0.1, 0.15) is 32.4 Å². The molecule has 0 bridgehead atoms. The number of hydrogen-bond donors (Lipinski definition) is 0. The van der Waals surface area contributed by atoms with E-state index in [1.807, 2.05) is 11.5 Å². The zero-order chi connectivity index (χ0) is 18.1. The van der Waals surface area contributed by atoms with Crippen LogP contribution in [0.3, 0.4) is 0 Å². The van der Waals surface area contributed by atoms with Crippen molar-refractivity contribution >= 4 is 23.3 Å². The lowest BCUT2D eigenvalue weighted by atomic mass is 10.1. The smallest absolute Gasteiger partial charge is 0.341 e. The average Bonchev–Trinajstić information content (AvgIpc) is 3.26. The van der Waals surface area contributed by atoms with Gasteiger partial charge in [-0.05, 0) is 25.3 Å². The molecule has 0 saturated heterocycles. The predicted octanol–water partition coefficient (Wildman–Crippen LogP) is 1.46. The van der Waals surface area contributed by atoms with E-state index in [-0.39, 0.29) is 18.5 Å². The Morgan fingerprint density at radius 1 is 1.20 bits per heavy atom. The maximum atomic E-state index is 12.5. The van der Waals surface area contributed by atoms with Gasteiger partial charge in [0, 0.05) is 12.0 Å². The molecule has 0 spiro atoms. The summed E-state index contributed by atoms with van der Waals surface area (Å²) in [5.41, 5.74) is 1.31. The van der Waals surface area contributed by atoms with Gasteiger partial charge in [0.2, 0.25) is 0 Å². The van der Waals surface area contributed by atoms with Crippen molar-refractivity contribution in [2.24, 2.45) is 5.92 Å². The van der Waals surface area contributed by atoms with E-state index < -0.39 is 5.97 Å². The molecular weight excluding hydrogens is 346 g/mol. The number of ether oxygens (including phenoxy) is 3. The topological polar surface area (TPSA) is 92.5 Å². The standard InChI is InChI=1S/C16H19N3O5S/c1-8-17-18-12(7-22-2)19(8)14-13(16(21)24-4)10-5-9(15(20)23-3)6-11(10)25-14/h9H,5-7H2,1-4H3. The minimum Gasteiger partial charge on any atom is -0.469 e. The fourth-order valence-electron chi connectivity index (χ4n) is 3.12. The number of carbonyl (C=O) groups excluding carboxylic acids is 2. The lowest BCUT2D eigenvalue weighted by Gasteiger charge is -2.11. The number of methoxy groups -OCH3 is 3. The summed E-state index contributed by atoms with van der Waals surface area (Å²) >= 11 is 1.45. The second-order valence-corrected chi connectivity index (χ2v) is 6.82. The van der Waals surface area contributed by atoms with Gasteiger partial charge in [-0.2, -0.15) is 0 Å². The van der Waals surface area contributed by atoms with E-state index in [0.717, 1.165) is 10.4 Å². The largest absolute Gasteiger partial charge is 0.469 e. The van der Waals surface area contributed by atoms with E-state index in [1.165, 1.54) is 25.6 Å². The summed E-state index contributed by atoms with van der Waals surface area (Å²) in [4.78, 5) is 25.3. The van der Waals surface area contributed by atoms with Gasteiger partial charge in [-0.15, -0.1) is 21.5 Å². The molecule has 9 heteroatoms. The van der Waals surface area contributed by atoms with Gasteiger partial charge in [0.1, 0.15) is 17.4 Å². The SMILES string of the molecule is COCc1nnc(C)n1-c1sc2c(c1C(=O)OC)CC(C(=O)OC)C2. The lowest BCUT2D eigenvalue weighted by Crippen LogP contribution is -2.17. The van der Waals surface area contributed by atoms with E-state index in [9.17, 15) is 9.59 Å².